The molecule has 2 heterocycles. The average Bonchev–Trinajstić information content (AvgIpc) is 2.58. The minimum atomic E-state index is -0.432. The van der Waals surface area contributed by atoms with Gasteiger partial charge >= 0.3 is 0 Å². The fourth-order valence-corrected chi connectivity index (χ4v) is 2.87. The number of carbonyl (C=O) groups excluding carboxylic acids is 1. The Balaban J connectivity index is 1.67. The molecule has 1 N–H and O–H groups in total. The minimum Gasteiger partial charge on any atom is -0.340 e. The Hall–Kier alpha value is -2.21. The van der Waals surface area contributed by atoms with Crippen LogP contribution in [0.5, 0.6) is 0 Å². The van der Waals surface area contributed by atoms with Gasteiger partial charge < -0.3 is 10.2 Å². The van der Waals surface area contributed by atoms with Gasteiger partial charge in [0.1, 0.15) is 5.82 Å². The lowest BCUT2D eigenvalue weighted by Gasteiger charge is -2.31. The van der Waals surface area contributed by atoms with E-state index in [0.29, 0.717) is 18.2 Å². The molecular formula is C16H16ClFN4O. The number of amides is 1. The number of piperidine rings is 1. The van der Waals surface area contributed by atoms with Gasteiger partial charge in [-0.2, -0.15) is 0 Å². The number of carbonyl (C=O) groups is 1. The molecule has 1 atom stereocenters. The molecule has 0 bridgehead atoms. The number of halogens is 2. The van der Waals surface area contributed by atoms with E-state index in [0.717, 1.165) is 19.4 Å². The van der Waals surface area contributed by atoms with Crippen LogP contribution >= 0.6 is 11.6 Å². The van der Waals surface area contributed by atoms with E-state index in [4.69, 9.17) is 11.6 Å². The molecule has 1 saturated heterocycles. The molecule has 3 rings (SSSR count). The molecule has 0 spiro atoms. The van der Waals surface area contributed by atoms with Gasteiger partial charge in [0.2, 0.25) is 11.9 Å². The Morgan fingerprint density at radius 1 is 1.35 bits per heavy atom. The maximum atomic E-state index is 13.1. The molecular weight excluding hydrogens is 319 g/mol. The standard InChI is InChI=1S/C16H16ClFN4O/c17-13-9-12(18)4-5-14(13)21-15(23)11-3-1-8-22(10-11)16-19-6-2-7-20-16/h2,4-7,9,11H,1,3,8,10H2,(H,21,23). The Kier molecular flexibility index (Phi) is 4.71. The summed E-state index contributed by atoms with van der Waals surface area (Å²) in [5.41, 5.74) is 0.422. The molecule has 5 nitrogen and oxygen atoms in total. The first-order chi connectivity index (χ1) is 11.1. The van der Waals surface area contributed by atoms with Crippen LogP contribution in [-0.2, 0) is 4.79 Å². The van der Waals surface area contributed by atoms with Crippen LogP contribution in [0.4, 0.5) is 16.0 Å². The van der Waals surface area contributed by atoms with Crippen molar-refractivity contribution in [3.63, 3.8) is 0 Å². The molecule has 120 valence electrons. The molecule has 1 aliphatic rings. The number of nitrogens with one attached hydrogen (secondary N) is 1. The molecule has 1 aromatic carbocycles. The van der Waals surface area contributed by atoms with Crippen molar-refractivity contribution >= 4 is 29.1 Å². The van der Waals surface area contributed by atoms with Crippen LogP contribution in [0.1, 0.15) is 12.8 Å². The smallest absolute Gasteiger partial charge is 0.229 e. The lowest BCUT2D eigenvalue weighted by molar-refractivity contribution is -0.120. The summed E-state index contributed by atoms with van der Waals surface area (Å²) in [5.74, 6) is -0.115. The van der Waals surface area contributed by atoms with Crippen LogP contribution < -0.4 is 10.2 Å². The Bertz CT molecular complexity index is 698. The van der Waals surface area contributed by atoms with Crippen LogP contribution in [0.2, 0.25) is 5.02 Å². The van der Waals surface area contributed by atoms with Crippen molar-refractivity contribution in [1.82, 2.24) is 9.97 Å². The second-order valence-electron chi connectivity index (χ2n) is 5.45. The van der Waals surface area contributed by atoms with E-state index in [1.54, 1.807) is 18.5 Å². The lowest BCUT2D eigenvalue weighted by atomic mass is 9.97. The summed E-state index contributed by atoms with van der Waals surface area (Å²) < 4.78 is 13.1. The first-order valence-corrected chi connectivity index (χ1v) is 7.79. The highest BCUT2D eigenvalue weighted by Gasteiger charge is 2.27. The van der Waals surface area contributed by atoms with Gasteiger partial charge in [0.25, 0.3) is 0 Å². The third-order valence-corrected chi connectivity index (χ3v) is 4.13. The largest absolute Gasteiger partial charge is 0.340 e. The van der Waals surface area contributed by atoms with Gasteiger partial charge in [-0.25, -0.2) is 14.4 Å². The van der Waals surface area contributed by atoms with Gasteiger partial charge in [0, 0.05) is 25.5 Å². The molecule has 0 saturated carbocycles. The normalized spacial score (nSPS) is 17.8. The molecule has 1 amide bonds. The molecule has 0 radical (unpaired) electrons. The van der Waals surface area contributed by atoms with Crippen molar-refractivity contribution in [1.29, 1.82) is 0 Å². The molecule has 1 unspecified atom stereocenters. The fraction of sp³-hybridized carbons (Fsp3) is 0.312. The summed E-state index contributed by atoms with van der Waals surface area (Å²) in [4.78, 5) is 22.9. The lowest BCUT2D eigenvalue weighted by Crippen LogP contribution is -2.41. The number of hydrogen-bond donors (Lipinski definition) is 1. The summed E-state index contributed by atoms with van der Waals surface area (Å²) in [7, 11) is 0. The van der Waals surface area contributed by atoms with E-state index < -0.39 is 5.82 Å². The quantitative estimate of drug-likeness (QED) is 0.937. The Labute approximate surface area is 138 Å². The van der Waals surface area contributed by atoms with Crippen LogP contribution in [-0.4, -0.2) is 29.0 Å². The first kappa shape index (κ1) is 15.7. The summed E-state index contributed by atoms with van der Waals surface area (Å²) >= 11 is 5.95. The molecule has 1 aromatic heterocycles. The van der Waals surface area contributed by atoms with Gasteiger partial charge in [0.15, 0.2) is 0 Å². The van der Waals surface area contributed by atoms with Crippen molar-refractivity contribution in [2.24, 2.45) is 5.92 Å². The SMILES string of the molecule is O=C(Nc1ccc(F)cc1Cl)C1CCCN(c2ncccn2)C1. The number of rotatable bonds is 3. The van der Waals surface area contributed by atoms with E-state index in [1.165, 1.54) is 18.2 Å². The van der Waals surface area contributed by atoms with Crippen molar-refractivity contribution < 1.29 is 9.18 Å². The maximum Gasteiger partial charge on any atom is 0.229 e. The van der Waals surface area contributed by atoms with Crippen LogP contribution in [0, 0.1) is 11.7 Å². The zero-order valence-corrected chi connectivity index (χ0v) is 13.1. The van der Waals surface area contributed by atoms with Gasteiger partial charge in [-0.3, -0.25) is 4.79 Å². The van der Waals surface area contributed by atoms with Crippen molar-refractivity contribution in [2.75, 3.05) is 23.3 Å². The fourth-order valence-electron chi connectivity index (χ4n) is 2.65. The zero-order chi connectivity index (χ0) is 16.2. The van der Waals surface area contributed by atoms with Crippen molar-refractivity contribution in [3.8, 4) is 0 Å². The third kappa shape index (κ3) is 3.76. The van der Waals surface area contributed by atoms with Crippen LogP contribution in [0.25, 0.3) is 0 Å². The second-order valence-corrected chi connectivity index (χ2v) is 5.85. The highest BCUT2D eigenvalue weighted by Crippen LogP contribution is 2.25. The predicted molar refractivity (Wildman–Crippen MR) is 87.0 cm³/mol. The van der Waals surface area contributed by atoms with E-state index in [2.05, 4.69) is 15.3 Å². The van der Waals surface area contributed by atoms with Crippen molar-refractivity contribution in [2.45, 2.75) is 12.8 Å². The van der Waals surface area contributed by atoms with E-state index in [-0.39, 0.29) is 16.8 Å². The third-order valence-electron chi connectivity index (χ3n) is 3.82. The first-order valence-electron chi connectivity index (χ1n) is 7.41. The number of aromatic nitrogens is 2. The minimum absolute atomic E-state index is 0.126. The van der Waals surface area contributed by atoms with Gasteiger partial charge in [-0.15, -0.1) is 0 Å². The molecule has 1 aliphatic heterocycles. The molecule has 7 heteroatoms. The van der Waals surface area contributed by atoms with E-state index >= 15 is 0 Å². The summed E-state index contributed by atoms with van der Waals surface area (Å²) in [6.07, 6.45) is 5.04. The molecule has 23 heavy (non-hydrogen) atoms. The number of anilines is 2. The van der Waals surface area contributed by atoms with Crippen molar-refractivity contribution in [3.05, 3.63) is 47.5 Å². The average molecular weight is 335 g/mol. The Morgan fingerprint density at radius 3 is 2.87 bits per heavy atom. The highest BCUT2D eigenvalue weighted by atomic mass is 35.5. The predicted octanol–water partition coefficient (Wildman–Crippen LogP) is 3.12. The van der Waals surface area contributed by atoms with Crippen LogP contribution in [0.3, 0.4) is 0 Å². The number of nitrogens with zero attached hydrogens (tertiary/aromatic N) is 3. The van der Waals surface area contributed by atoms with Gasteiger partial charge in [0.05, 0.1) is 16.6 Å². The monoisotopic (exact) mass is 334 g/mol. The van der Waals surface area contributed by atoms with E-state index in [9.17, 15) is 9.18 Å². The Morgan fingerprint density at radius 2 is 2.13 bits per heavy atom. The summed E-state index contributed by atoms with van der Waals surface area (Å²) in [6.45, 7) is 1.37. The van der Waals surface area contributed by atoms with Crippen LogP contribution in [0.15, 0.2) is 36.7 Å². The summed E-state index contributed by atoms with van der Waals surface area (Å²) in [5, 5.41) is 2.97. The van der Waals surface area contributed by atoms with E-state index in [1.807, 2.05) is 4.90 Å². The molecule has 0 aliphatic carbocycles. The zero-order valence-electron chi connectivity index (χ0n) is 12.4. The number of benzene rings is 1. The van der Waals surface area contributed by atoms with Gasteiger partial charge in [-0.05, 0) is 37.1 Å². The summed E-state index contributed by atoms with van der Waals surface area (Å²) in [6, 6.07) is 5.68. The number of hydrogen-bond acceptors (Lipinski definition) is 4. The second kappa shape index (κ2) is 6.91. The topological polar surface area (TPSA) is 58.1 Å². The van der Waals surface area contributed by atoms with Gasteiger partial charge in [-0.1, -0.05) is 11.6 Å². The maximum absolute atomic E-state index is 13.1. The molecule has 1 fully saturated rings. The molecule has 2 aromatic rings. The highest BCUT2D eigenvalue weighted by molar-refractivity contribution is 6.33.